The van der Waals surface area contributed by atoms with Gasteiger partial charge in [-0.05, 0) is 42.6 Å². The lowest BCUT2D eigenvalue weighted by Gasteiger charge is -2.25. The van der Waals surface area contributed by atoms with Crippen molar-refractivity contribution in [3.05, 3.63) is 89.5 Å². The van der Waals surface area contributed by atoms with Crippen molar-refractivity contribution in [2.75, 3.05) is 6.54 Å². The van der Waals surface area contributed by atoms with Crippen LogP contribution in [0.15, 0.2) is 67.1 Å². The van der Waals surface area contributed by atoms with Gasteiger partial charge in [-0.25, -0.2) is 4.98 Å². The Morgan fingerprint density at radius 3 is 2.60 bits per heavy atom. The normalized spacial score (nSPS) is 16.5. The number of hydrogen-bond acceptors (Lipinski definition) is 5. The average Bonchev–Trinajstić information content (AvgIpc) is 3.49. The summed E-state index contributed by atoms with van der Waals surface area (Å²) in [5, 5.41) is 11.8. The molecule has 2 heterocycles. The molecular formula is C27H30N6O2. The van der Waals surface area contributed by atoms with Crippen LogP contribution >= 0.6 is 0 Å². The molecule has 180 valence electrons. The van der Waals surface area contributed by atoms with Gasteiger partial charge in [0, 0.05) is 38.2 Å². The minimum atomic E-state index is -0.728. The van der Waals surface area contributed by atoms with Crippen LogP contribution in [-0.2, 0) is 29.1 Å². The smallest absolute Gasteiger partial charge is 0.240 e. The van der Waals surface area contributed by atoms with Gasteiger partial charge in [0.25, 0.3) is 0 Å². The van der Waals surface area contributed by atoms with Gasteiger partial charge in [-0.3, -0.25) is 14.5 Å². The molecule has 35 heavy (non-hydrogen) atoms. The summed E-state index contributed by atoms with van der Waals surface area (Å²) in [6.45, 7) is 2.26. The van der Waals surface area contributed by atoms with Crippen LogP contribution in [0.4, 0.5) is 0 Å². The molecule has 8 nitrogen and oxygen atoms in total. The second-order valence-corrected chi connectivity index (χ2v) is 9.00. The molecule has 3 N–H and O–H groups in total. The van der Waals surface area contributed by atoms with Crippen molar-refractivity contribution in [2.24, 2.45) is 5.73 Å². The Balaban J connectivity index is 1.35. The summed E-state index contributed by atoms with van der Waals surface area (Å²) in [5.41, 5.74) is 9.32. The number of rotatable bonds is 10. The highest BCUT2D eigenvalue weighted by atomic mass is 16.2. The third kappa shape index (κ3) is 6.55. The lowest BCUT2D eigenvalue weighted by molar-refractivity contribution is -0.128. The predicted octanol–water partition coefficient (Wildman–Crippen LogP) is 2.37. The van der Waals surface area contributed by atoms with E-state index in [9.17, 15) is 9.59 Å². The second kappa shape index (κ2) is 11.4. The number of nitrogens with one attached hydrogen (secondary N) is 1. The van der Waals surface area contributed by atoms with E-state index in [1.54, 1.807) is 0 Å². The van der Waals surface area contributed by atoms with Crippen molar-refractivity contribution < 1.29 is 9.59 Å². The third-order valence-electron chi connectivity index (χ3n) is 6.48. The zero-order valence-electron chi connectivity index (χ0n) is 19.6. The average molecular weight is 471 g/mol. The minimum Gasteiger partial charge on any atom is -0.368 e. The fraction of sp³-hybridized carbons (Fsp3) is 0.333. The van der Waals surface area contributed by atoms with Crippen LogP contribution in [-0.4, -0.2) is 44.9 Å². The summed E-state index contributed by atoms with van der Waals surface area (Å²) >= 11 is 0. The summed E-state index contributed by atoms with van der Waals surface area (Å²) in [6.07, 6.45) is 6.32. The van der Waals surface area contributed by atoms with E-state index in [0.29, 0.717) is 31.5 Å². The van der Waals surface area contributed by atoms with Gasteiger partial charge in [0.15, 0.2) is 0 Å². The van der Waals surface area contributed by atoms with Gasteiger partial charge in [0.1, 0.15) is 6.04 Å². The highest BCUT2D eigenvalue weighted by molar-refractivity contribution is 5.87. The summed E-state index contributed by atoms with van der Waals surface area (Å²) in [7, 11) is 0. The fourth-order valence-corrected chi connectivity index (χ4v) is 4.59. The number of aromatic nitrogens is 2. The number of nitriles is 1. The molecule has 0 bridgehead atoms. The Bertz CT molecular complexity index is 1180. The number of primary amides is 1. The van der Waals surface area contributed by atoms with Crippen LogP contribution in [0, 0.1) is 11.3 Å². The molecule has 1 aliphatic rings. The van der Waals surface area contributed by atoms with Gasteiger partial charge >= 0.3 is 0 Å². The number of hydrogen-bond donors (Lipinski definition) is 2. The molecule has 2 aromatic carbocycles. The van der Waals surface area contributed by atoms with E-state index >= 15 is 0 Å². The molecule has 2 atom stereocenters. The topological polar surface area (TPSA) is 117 Å². The number of benzene rings is 2. The number of amides is 2. The van der Waals surface area contributed by atoms with Crippen LogP contribution < -0.4 is 11.1 Å². The maximum atomic E-state index is 12.8. The van der Waals surface area contributed by atoms with Gasteiger partial charge in [-0.2, -0.15) is 5.26 Å². The standard InChI is InChI=1S/C27H30N6O2/c28-15-21-8-10-22(11-9-21)17-33-19-30-16-24(33)18-32-12-4-7-23(32)14-26(34)31-25(27(29)35)13-20-5-2-1-3-6-20/h1-3,5-6,8-11,16,19,23,25H,4,7,12-14,17-18H2,(H2,29,35)(H,31,34)/t23-,25-/m0/s1. The van der Waals surface area contributed by atoms with Crippen LogP contribution in [0.2, 0.25) is 0 Å². The first-order valence-electron chi connectivity index (χ1n) is 11.9. The molecule has 0 spiro atoms. The van der Waals surface area contributed by atoms with Gasteiger partial charge in [0.05, 0.1) is 23.7 Å². The van der Waals surface area contributed by atoms with Crippen LogP contribution in [0.25, 0.3) is 0 Å². The molecule has 0 aliphatic carbocycles. The van der Waals surface area contributed by atoms with Crippen LogP contribution in [0.5, 0.6) is 0 Å². The van der Waals surface area contributed by atoms with Gasteiger partial charge in [0.2, 0.25) is 11.8 Å². The Kier molecular flexibility index (Phi) is 7.91. The largest absolute Gasteiger partial charge is 0.368 e. The van der Waals surface area contributed by atoms with Crippen molar-refractivity contribution in [3.8, 4) is 6.07 Å². The molecule has 4 rings (SSSR count). The van der Waals surface area contributed by atoms with Crippen molar-refractivity contribution in [1.29, 1.82) is 5.26 Å². The van der Waals surface area contributed by atoms with Crippen molar-refractivity contribution in [2.45, 2.75) is 50.9 Å². The molecular weight excluding hydrogens is 440 g/mol. The maximum absolute atomic E-state index is 12.8. The Morgan fingerprint density at radius 1 is 1.11 bits per heavy atom. The zero-order valence-corrected chi connectivity index (χ0v) is 19.6. The molecule has 0 radical (unpaired) electrons. The van der Waals surface area contributed by atoms with Crippen LogP contribution in [0.1, 0.15) is 41.6 Å². The minimum absolute atomic E-state index is 0.0958. The van der Waals surface area contributed by atoms with E-state index in [2.05, 4.69) is 25.8 Å². The SMILES string of the molecule is N#Cc1ccc(Cn2cncc2CN2CCC[C@H]2CC(=O)N[C@@H](Cc2ccccc2)C(N)=O)cc1. The van der Waals surface area contributed by atoms with Gasteiger partial charge in [-0.15, -0.1) is 0 Å². The number of carbonyl (C=O) groups is 2. The molecule has 0 unspecified atom stereocenters. The first-order chi connectivity index (χ1) is 17.0. The lowest BCUT2D eigenvalue weighted by Crippen LogP contribution is -2.47. The highest BCUT2D eigenvalue weighted by Gasteiger charge is 2.29. The number of likely N-dealkylation sites (tertiary alicyclic amines) is 1. The molecule has 0 saturated carbocycles. The van der Waals surface area contributed by atoms with Crippen molar-refractivity contribution in [3.63, 3.8) is 0 Å². The zero-order chi connectivity index (χ0) is 24.6. The van der Waals surface area contributed by atoms with Crippen LogP contribution in [0.3, 0.4) is 0 Å². The predicted molar refractivity (Wildman–Crippen MR) is 132 cm³/mol. The van der Waals surface area contributed by atoms with E-state index in [4.69, 9.17) is 11.0 Å². The molecule has 2 amide bonds. The fourth-order valence-electron chi connectivity index (χ4n) is 4.59. The van der Waals surface area contributed by atoms with E-state index in [1.165, 1.54) is 0 Å². The summed E-state index contributed by atoms with van der Waals surface area (Å²) in [5.74, 6) is -0.690. The van der Waals surface area contributed by atoms with Crippen molar-refractivity contribution in [1.82, 2.24) is 19.8 Å². The Labute approximate surface area is 205 Å². The molecule has 1 fully saturated rings. The Morgan fingerprint density at radius 2 is 1.89 bits per heavy atom. The molecule has 8 heteroatoms. The summed E-state index contributed by atoms with van der Waals surface area (Å²) in [6, 6.07) is 18.6. The van der Waals surface area contributed by atoms with E-state index < -0.39 is 11.9 Å². The lowest BCUT2D eigenvalue weighted by atomic mass is 10.0. The first-order valence-corrected chi connectivity index (χ1v) is 11.9. The molecule has 1 aromatic heterocycles. The van der Waals surface area contributed by atoms with E-state index in [-0.39, 0.29) is 11.9 Å². The number of carbonyl (C=O) groups excluding carboxylic acids is 2. The van der Waals surface area contributed by atoms with E-state index in [0.717, 1.165) is 36.2 Å². The first kappa shape index (κ1) is 24.2. The summed E-state index contributed by atoms with van der Waals surface area (Å²) in [4.78, 5) is 31.4. The third-order valence-corrected chi connectivity index (χ3v) is 6.48. The maximum Gasteiger partial charge on any atom is 0.240 e. The van der Waals surface area contributed by atoms with Crippen molar-refractivity contribution >= 4 is 11.8 Å². The molecule has 3 aromatic rings. The molecule has 1 aliphatic heterocycles. The molecule has 1 saturated heterocycles. The summed E-state index contributed by atoms with van der Waals surface area (Å²) < 4.78 is 2.10. The monoisotopic (exact) mass is 470 g/mol. The van der Waals surface area contributed by atoms with E-state index in [1.807, 2.05) is 67.1 Å². The number of nitrogens with zero attached hydrogens (tertiary/aromatic N) is 4. The quantitative estimate of drug-likeness (QED) is 0.472. The van der Waals surface area contributed by atoms with Gasteiger partial charge in [-0.1, -0.05) is 42.5 Å². The second-order valence-electron chi connectivity index (χ2n) is 9.00. The number of imidazole rings is 1. The highest BCUT2D eigenvalue weighted by Crippen LogP contribution is 2.23. The van der Waals surface area contributed by atoms with Gasteiger partial charge < -0.3 is 15.6 Å². The number of nitrogens with two attached hydrogens (primary N) is 1. The Hall–Kier alpha value is -3.96.